The molecule has 1 aliphatic carbocycles. The zero-order valence-corrected chi connectivity index (χ0v) is 18.1. The summed E-state index contributed by atoms with van der Waals surface area (Å²) < 4.78 is 32.3. The highest BCUT2D eigenvalue weighted by Crippen LogP contribution is 2.32. The molecule has 2 aliphatic rings. The largest absolute Gasteiger partial charge is 0.491 e. The number of aliphatic hydroxyl groups is 1. The Bertz CT molecular complexity index is 978. The summed E-state index contributed by atoms with van der Waals surface area (Å²) in [5, 5.41) is 8.97. The fourth-order valence-corrected chi connectivity index (χ4v) is 4.09. The third-order valence-corrected chi connectivity index (χ3v) is 5.81. The van der Waals surface area contributed by atoms with Gasteiger partial charge in [0.05, 0.1) is 13.2 Å². The van der Waals surface area contributed by atoms with Crippen LogP contribution in [-0.4, -0.2) is 76.7 Å². The van der Waals surface area contributed by atoms with Crippen LogP contribution in [0.1, 0.15) is 30.5 Å². The smallest absolute Gasteiger partial charge is 0.251 e. The van der Waals surface area contributed by atoms with Crippen LogP contribution in [0.4, 0.5) is 14.6 Å². The fourth-order valence-electron chi connectivity index (χ4n) is 4.09. The number of rotatable bonds is 7. The van der Waals surface area contributed by atoms with Crippen molar-refractivity contribution in [3.63, 3.8) is 0 Å². The summed E-state index contributed by atoms with van der Waals surface area (Å²) in [6.07, 6.45) is 3.61. The molecule has 32 heavy (non-hydrogen) atoms. The Balaban J connectivity index is 1.55. The molecule has 0 radical (unpaired) electrons. The zero-order valence-electron chi connectivity index (χ0n) is 18.1. The molecule has 1 aliphatic heterocycles. The number of amides is 1. The Hall–Kier alpha value is -2.88. The first-order valence-electron chi connectivity index (χ1n) is 10.8. The number of halogens is 2. The second-order valence-corrected chi connectivity index (χ2v) is 8.19. The van der Waals surface area contributed by atoms with E-state index in [0.29, 0.717) is 23.1 Å². The number of carbonyl (C=O) groups excluding carboxylic acids is 1. The van der Waals surface area contributed by atoms with E-state index in [1.165, 1.54) is 4.90 Å². The molecule has 172 valence electrons. The number of aliphatic hydroxyl groups excluding tert-OH is 1. The highest BCUT2D eigenvalue weighted by Gasteiger charge is 2.36. The number of likely N-dealkylation sites (tertiary alicyclic amines) is 1. The molecule has 4 rings (SSSR count). The minimum Gasteiger partial charge on any atom is -0.491 e. The van der Waals surface area contributed by atoms with Crippen LogP contribution in [0.5, 0.6) is 5.75 Å². The number of likely N-dealkylation sites (N-methyl/N-ethyl adjacent to an activating group) is 1. The second kappa shape index (κ2) is 9.32. The summed E-state index contributed by atoms with van der Waals surface area (Å²) in [5.41, 5.74) is 2.49. The maximum absolute atomic E-state index is 13.4. The topological polar surface area (TPSA) is 91.7 Å². The summed E-state index contributed by atoms with van der Waals surface area (Å²) in [7, 11) is 1.79. The molecule has 1 N–H and O–H groups in total. The van der Waals surface area contributed by atoms with E-state index in [1.807, 2.05) is 0 Å². The molecular weight excluding hydrogens is 420 g/mol. The van der Waals surface area contributed by atoms with Gasteiger partial charge >= 0.3 is 0 Å². The molecule has 3 heterocycles. The lowest BCUT2D eigenvalue weighted by Crippen LogP contribution is -2.46. The van der Waals surface area contributed by atoms with Crippen LogP contribution >= 0.6 is 0 Å². The summed E-state index contributed by atoms with van der Waals surface area (Å²) in [6.45, 7) is 0.272. The van der Waals surface area contributed by atoms with Crippen molar-refractivity contribution in [3.05, 3.63) is 29.6 Å². The minimum atomic E-state index is -2.69. The Morgan fingerprint density at radius 2 is 2.06 bits per heavy atom. The molecule has 2 aromatic rings. The first-order valence-corrected chi connectivity index (χ1v) is 10.8. The van der Waals surface area contributed by atoms with Crippen molar-refractivity contribution >= 4 is 11.7 Å². The summed E-state index contributed by atoms with van der Waals surface area (Å²) in [4.78, 5) is 29.8. The standard InChI is InChI=1S/C22H27F2N5O3/c1-28(14-19(31)29-9-6-22(23,24)7-10-29)21-16-3-2-4-17(16)26-20(27-21)18-13-15(5-8-25-18)32-12-11-30/h5,8,13,30H,2-4,6-7,9-12,14H2,1H3. The number of hydrogen-bond acceptors (Lipinski definition) is 7. The molecule has 2 aromatic heterocycles. The number of aromatic nitrogens is 3. The van der Waals surface area contributed by atoms with Crippen molar-refractivity contribution in [2.24, 2.45) is 0 Å². The van der Waals surface area contributed by atoms with Gasteiger partial charge < -0.3 is 19.6 Å². The lowest BCUT2D eigenvalue weighted by atomic mass is 10.1. The Kier molecular flexibility index (Phi) is 6.50. The van der Waals surface area contributed by atoms with Crippen LogP contribution in [0.3, 0.4) is 0 Å². The van der Waals surface area contributed by atoms with Gasteiger partial charge in [-0.3, -0.25) is 9.78 Å². The van der Waals surface area contributed by atoms with Crippen LogP contribution in [-0.2, 0) is 17.6 Å². The van der Waals surface area contributed by atoms with Crippen molar-refractivity contribution < 1.29 is 23.4 Å². The van der Waals surface area contributed by atoms with Gasteiger partial charge in [0.1, 0.15) is 23.9 Å². The number of anilines is 1. The van der Waals surface area contributed by atoms with Crippen molar-refractivity contribution in [1.82, 2.24) is 19.9 Å². The maximum atomic E-state index is 13.4. The maximum Gasteiger partial charge on any atom is 0.251 e. The summed E-state index contributed by atoms with van der Waals surface area (Å²) in [5.74, 6) is -1.21. The molecule has 0 unspecified atom stereocenters. The molecule has 1 fully saturated rings. The molecule has 0 saturated carbocycles. The molecule has 1 amide bonds. The van der Waals surface area contributed by atoms with E-state index in [2.05, 4.69) is 9.97 Å². The second-order valence-electron chi connectivity index (χ2n) is 8.19. The van der Waals surface area contributed by atoms with Crippen molar-refractivity contribution in [1.29, 1.82) is 0 Å². The first kappa shape index (κ1) is 22.3. The van der Waals surface area contributed by atoms with Crippen LogP contribution in [0.15, 0.2) is 18.3 Å². The van der Waals surface area contributed by atoms with E-state index in [0.717, 1.165) is 30.5 Å². The Labute approximate surface area is 185 Å². The average Bonchev–Trinajstić information content (AvgIpc) is 3.25. The molecule has 1 saturated heterocycles. The van der Waals surface area contributed by atoms with Crippen LogP contribution in [0.2, 0.25) is 0 Å². The van der Waals surface area contributed by atoms with Gasteiger partial charge in [-0.1, -0.05) is 0 Å². The molecule has 0 atom stereocenters. The third kappa shape index (κ3) is 4.95. The Morgan fingerprint density at radius 3 is 2.81 bits per heavy atom. The Morgan fingerprint density at radius 1 is 1.28 bits per heavy atom. The van der Waals surface area contributed by atoms with E-state index in [4.69, 9.17) is 14.8 Å². The van der Waals surface area contributed by atoms with E-state index < -0.39 is 5.92 Å². The van der Waals surface area contributed by atoms with Gasteiger partial charge in [0.15, 0.2) is 5.82 Å². The molecule has 10 heteroatoms. The SMILES string of the molecule is CN(CC(=O)N1CCC(F)(F)CC1)c1nc(-c2cc(OCCO)ccn2)nc2c1CCC2. The monoisotopic (exact) mass is 447 g/mol. The molecule has 8 nitrogen and oxygen atoms in total. The number of alkyl halides is 2. The van der Waals surface area contributed by atoms with Gasteiger partial charge in [0.2, 0.25) is 5.91 Å². The predicted molar refractivity (Wildman–Crippen MR) is 114 cm³/mol. The number of nitrogens with zero attached hydrogens (tertiary/aromatic N) is 5. The number of aryl methyl sites for hydroxylation is 1. The third-order valence-electron chi connectivity index (χ3n) is 5.81. The molecule has 0 bridgehead atoms. The van der Waals surface area contributed by atoms with E-state index in [9.17, 15) is 13.6 Å². The quantitative estimate of drug-likeness (QED) is 0.695. The lowest BCUT2D eigenvalue weighted by Gasteiger charge is -2.33. The van der Waals surface area contributed by atoms with Crippen LogP contribution in [0, 0.1) is 0 Å². The van der Waals surface area contributed by atoms with Gasteiger partial charge in [0.25, 0.3) is 5.92 Å². The van der Waals surface area contributed by atoms with Crippen molar-refractivity contribution in [3.8, 4) is 17.3 Å². The summed E-state index contributed by atoms with van der Waals surface area (Å²) >= 11 is 0. The summed E-state index contributed by atoms with van der Waals surface area (Å²) in [6, 6.07) is 3.41. The first-order chi connectivity index (χ1) is 15.4. The van der Waals surface area contributed by atoms with E-state index >= 15 is 0 Å². The zero-order chi connectivity index (χ0) is 22.7. The predicted octanol–water partition coefficient (Wildman–Crippen LogP) is 2.09. The van der Waals surface area contributed by atoms with E-state index in [1.54, 1.807) is 30.3 Å². The highest BCUT2D eigenvalue weighted by atomic mass is 19.3. The highest BCUT2D eigenvalue weighted by molar-refractivity contribution is 5.81. The number of ether oxygens (including phenoxy) is 1. The van der Waals surface area contributed by atoms with Gasteiger partial charge in [-0.05, 0) is 25.3 Å². The molecule has 0 aromatic carbocycles. The lowest BCUT2D eigenvalue weighted by molar-refractivity contribution is -0.135. The van der Waals surface area contributed by atoms with Crippen LogP contribution in [0.25, 0.3) is 11.5 Å². The van der Waals surface area contributed by atoms with Gasteiger partial charge in [-0.15, -0.1) is 0 Å². The average molecular weight is 447 g/mol. The number of fused-ring (bicyclic) bond motifs is 1. The minimum absolute atomic E-state index is 0.0571. The number of piperidine rings is 1. The normalized spacial score (nSPS) is 17.2. The van der Waals surface area contributed by atoms with Crippen molar-refractivity contribution in [2.45, 2.75) is 38.0 Å². The van der Waals surface area contributed by atoms with Gasteiger partial charge in [-0.2, -0.15) is 0 Å². The molecular formula is C22H27F2N5O3. The number of pyridine rings is 1. The van der Waals surface area contributed by atoms with Crippen molar-refractivity contribution in [2.75, 3.05) is 44.8 Å². The fraction of sp³-hybridized carbons (Fsp3) is 0.545. The van der Waals surface area contributed by atoms with Gasteiger partial charge in [0, 0.05) is 56.5 Å². The number of hydrogen-bond donors (Lipinski definition) is 1. The van der Waals surface area contributed by atoms with E-state index in [-0.39, 0.29) is 51.6 Å². The number of carbonyl (C=O) groups is 1. The molecule has 0 spiro atoms. The van der Waals surface area contributed by atoms with Crippen LogP contribution < -0.4 is 9.64 Å². The van der Waals surface area contributed by atoms with Gasteiger partial charge in [-0.25, -0.2) is 18.7 Å².